The van der Waals surface area contributed by atoms with Gasteiger partial charge in [-0.25, -0.2) is 14.8 Å². The van der Waals surface area contributed by atoms with Crippen LogP contribution in [0.3, 0.4) is 0 Å². The fourth-order valence-electron chi connectivity index (χ4n) is 3.95. The highest BCUT2D eigenvalue weighted by Gasteiger charge is 2.36. The molecule has 2 aromatic rings. The quantitative estimate of drug-likeness (QED) is 0.492. The lowest BCUT2D eigenvalue weighted by Crippen LogP contribution is -2.42. The maximum absolute atomic E-state index is 12.6. The Hall–Kier alpha value is -2.90. The van der Waals surface area contributed by atoms with Crippen molar-refractivity contribution in [3.05, 3.63) is 35.9 Å². The Morgan fingerprint density at radius 2 is 2.00 bits per heavy atom. The number of unbranched alkanes of at least 4 members (excludes halogenated alkanes) is 1. The van der Waals surface area contributed by atoms with Crippen LogP contribution in [0.4, 0.5) is 4.79 Å². The zero-order valence-corrected chi connectivity index (χ0v) is 19.7. The first-order valence-corrected chi connectivity index (χ1v) is 11.4. The molecule has 1 aliphatic heterocycles. The highest BCUT2D eigenvalue weighted by atomic mass is 16.6. The molecule has 0 radical (unpaired) electrons. The van der Waals surface area contributed by atoms with E-state index in [4.69, 9.17) is 14.2 Å². The fraction of sp³-hybridized carbons (Fsp3) is 0.583. The first kappa shape index (κ1) is 23.8. The molecule has 2 aromatic heterocycles. The summed E-state index contributed by atoms with van der Waals surface area (Å²) < 4.78 is 17.6. The van der Waals surface area contributed by atoms with Gasteiger partial charge < -0.3 is 19.1 Å². The number of aryl methyl sites for hydroxylation is 1. The second-order valence-electron chi connectivity index (χ2n) is 8.42. The van der Waals surface area contributed by atoms with Gasteiger partial charge in [-0.2, -0.15) is 0 Å². The van der Waals surface area contributed by atoms with Gasteiger partial charge in [0.2, 0.25) is 11.8 Å². The van der Waals surface area contributed by atoms with E-state index in [2.05, 4.69) is 28.8 Å². The minimum absolute atomic E-state index is 0.0880. The Morgan fingerprint density at radius 3 is 2.75 bits per heavy atom. The zero-order valence-electron chi connectivity index (χ0n) is 19.7. The maximum atomic E-state index is 12.6. The molecule has 0 bridgehead atoms. The summed E-state index contributed by atoms with van der Waals surface area (Å²) in [4.78, 5) is 27.3. The molecule has 0 N–H and O–H groups in total. The first-order chi connectivity index (χ1) is 15.4. The SMILES string of the molecule is CCCCOC(=O)N1C(C)CCC1C[C@H](C)Oc1ncnc(Oc2cccnc2C)c1C. The van der Waals surface area contributed by atoms with Crippen molar-refractivity contribution in [2.24, 2.45) is 0 Å². The number of amides is 1. The zero-order chi connectivity index (χ0) is 23.1. The third-order valence-electron chi connectivity index (χ3n) is 5.79. The van der Waals surface area contributed by atoms with E-state index in [-0.39, 0.29) is 24.3 Å². The number of aromatic nitrogens is 3. The molecule has 8 heteroatoms. The number of carbonyl (C=O) groups is 1. The molecule has 0 spiro atoms. The number of hydrogen-bond acceptors (Lipinski definition) is 7. The average molecular weight is 443 g/mol. The maximum Gasteiger partial charge on any atom is 0.410 e. The smallest absolute Gasteiger partial charge is 0.410 e. The summed E-state index contributed by atoms with van der Waals surface area (Å²) in [6.07, 6.45) is 7.29. The van der Waals surface area contributed by atoms with Gasteiger partial charge in [0, 0.05) is 24.7 Å². The van der Waals surface area contributed by atoms with Crippen molar-refractivity contribution in [2.45, 2.75) is 84.9 Å². The van der Waals surface area contributed by atoms with Crippen LogP contribution in [0.25, 0.3) is 0 Å². The summed E-state index contributed by atoms with van der Waals surface area (Å²) in [5, 5.41) is 0. The lowest BCUT2D eigenvalue weighted by atomic mass is 10.1. The largest absolute Gasteiger partial charge is 0.474 e. The predicted molar refractivity (Wildman–Crippen MR) is 121 cm³/mol. The number of likely N-dealkylation sites (tertiary alicyclic amines) is 1. The molecular formula is C24H34N4O4. The Morgan fingerprint density at radius 1 is 1.22 bits per heavy atom. The van der Waals surface area contributed by atoms with E-state index in [9.17, 15) is 4.79 Å². The lowest BCUT2D eigenvalue weighted by molar-refractivity contribution is 0.0743. The van der Waals surface area contributed by atoms with Crippen LogP contribution in [0.15, 0.2) is 24.7 Å². The van der Waals surface area contributed by atoms with E-state index >= 15 is 0 Å². The molecule has 3 atom stereocenters. The van der Waals surface area contributed by atoms with Crippen LogP contribution in [-0.4, -0.2) is 50.7 Å². The van der Waals surface area contributed by atoms with Gasteiger partial charge in [-0.3, -0.25) is 4.98 Å². The number of carbonyl (C=O) groups excluding carboxylic acids is 1. The number of nitrogens with zero attached hydrogens (tertiary/aromatic N) is 4. The van der Waals surface area contributed by atoms with Crippen molar-refractivity contribution in [1.82, 2.24) is 19.9 Å². The van der Waals surface area contributed by atoms with E-state index in [1.807, 2.05) is 37.8 Å². The number of ether oxygens (including phenoxy) is 3. The van der Waals surface area contributed by atoms with Gasteiger partial charge in [-0.15, -0.1) is 0 Å². The van der Waals surface area contributed by atoms with Crippen LogP contribution in [0.2, 0.25) is 0 Å². The van der Waals surface area contributed by atoms with Gasteiger partial charge in [-0.05, 0) is 59.1 Å². The summed E-state index contributed by atoms with van der Waals surface area (Å²) in [5.74, 6) is 1.56. The molecule has 1 amide bonds. The molecule has 1 fully saturated rings. The number of hydrogen-bond donors (Lipinski definition) is 0. The Kier molecular flexibility index (Phi) is 8.25. The summed E-state index contributed by atoms with van der Waals surface area (Å²) in [6, 6.07) is 3.93. The summed E-state index contributed by atoms with van der Waals surface area (Å²) in [6.45, 7) is 10.4. The molecule has 8 nitrogen and oxygen atoms in total. The minimum atomic E-state index is -0.221. The van der Waals surface area contributed by atoms with Crippen molar-refractivity contribution in [2.75, 3.05) is 6.61 Å². The molecule has 0 saturated carbocycles. The van der Waals surface area contributed by atoms with Gasteiger partial charge in [0.05, 0.1) is 24.0 Å². The van der Waals surface area contributed by atoms with Gasteiger partial charge >= 0.3 is 6.09 Å². The van der Waals surface area contributed by atoms with E-state index in [1.54, 1.807) is 6.20 Å². The topological polar surface area (TPSA) is 86.7 Å². The molecule has 0 aliphatic carbocycles. The van der Waals surface area contributed by atoms with Gasteiger partial charge in [0.25, 0.3) is 0 Å². The van der Waals surface area contributed by atoms with Gasteiger partial charge in [0.15, 0.2) is 5.75 Å². The van der Waals surface area contributed by atoms with Crippen LogP contribution >= 0.6 is 0 Å². The fourth-order valence-corrected chi connectivity index (χ4v) is 3.95. The third kappa shape index (κ3) is 5.87. The van der Waals surface area contributed by atoms with Crippen molar-refractivity contribution >= 4 is 6.09 Å². The minimum Gasteiger partial charge on any atom is -0.474 e. The van der Waals surface area contributed by atoms with Gasteiger partial charge in [0.1, 0.15) is 6.33 Å². The molecule has 0 aromatic carbocycles. The van der Waals surface area contributed by atoms with Crippen molar-refractivity contribution in [3.63, 3.8) is 0 Å². The van der Waals surface area contributed by atoms with Crippen LogP contribution in [0.5, 0.6) is 17.5 Å². The standard InChI is InChI=1S/C24H34N4O4/c1-6-7-13-30-24(29)28-16(2)10-11-20(28)14-17(3)31-22-18(4)23(27-15-26-22)32-21-9-8-12-25-19(21)5/h8-9,12,15-17,20H,6-7,10-11,13-14H2,1-5H3/t16?,17-,20?/m0/s1. The first-order valence-electron chi connectivity index (χ1n) is 11.4. The molecule has 174 valence electrons. The van der Waals surface area contributed by atoms with Crippen molar-refractivity contribution < 1.29 is 19.0 Å². The number of pyridine rings is 1. The van der Waals surface area contributed by atoms with E-state index in [1.165, 1.54) is 6.33 Å². The van der Waals surface area contributed by atoms with Gasteiger partial charge in [-0.1, -0.05) is 13.3 Å². The Bertz CT molecular complexity index is 907. The predicted octanol–water partition coefficient (Wildman–Crippen LogP) is 5.23. The molecule has 1 aliphatic rings. The third-order valence-corrected chi connectivity index (χ3v) is 5.79. The lowest BCUT2D eigenvalue weighted by Gasteiger charge is -2.29. The highest BCUT2D eigenvalue weighted by molar-refractivity contribution is 5.68. The normalized spacial score (nSPS) is 19.0. The molecular weight excluding hydrogens is 408 g/mol. The van der Waals surface area contributed by atoms with E-state index in [0.29, 0.717) is 30.5 Å². The van der Waals surface area contributed by atoms with Crippen molar-refractivity contribution in [3.8, 4) is 17.5 Å². The van der Waals surface area contributed by atoms with E-state index in [0.717, 1.165) is 36.9 Å². The molecule has 3 heterocycles. The monoisotopic (exact) mass is 442 g/mol. The van der Waals surface area contributed by atoms with E-state index < -0.39 is 0 Å². The highest BCUT2D eigenvalue weighted by Crippen LogP contribution is 2.31. The summed E-state index contributed by atoms with van der Waals surface area (Å²) >= 11 is 0. The van der Waals surface area contributed by atoms with Crippen LogP contribution in [-0.2, 0) is 4.74 Å². The second kappa shape index (κ2) is 11.1. The summed E-state index contributed by atoms with van der Waals surface area (Å²) in [7, 11) is 0. The molecule has 32 heavy (non-hydrogen) atoms. The average Bonchev–Trinajstić information content (AvgIpc) is 3.12. The summed E-state index contributed by atoms with van der Waals surface area (Å²) in [5.41, 5.74) is 1.50. The molecule has 2 unspecified atom stereocenters. The Labute approximate surface area is 190 Å². The van der Waals surface area contributed by atoms with Crippen molar-refractivity contribution in [1.29, 1.82) is 0 Å². The Balaban J connectivity index is 1.63. The van der Waals surface area contributed by atoms with Crippen LogP contribution in [0.1, 0.15) is 64.1 Å². The second-order valence-corrected chi connectivity index (χ2v) is 8.42. The van der Waals surface area contributed by atoms with Crippen LogP contribution in [0, 0.1) is 13.8 Å². The molecule has 3 rings (SSSR count). The molecule has 1 saturated heterocycles. The van der Waals surface area contributed by atoms with Crippen LogP contribution < -0.4 is 9.47 Å². The number of rotatable bonds is 9.